The molecule has 7 nitrogen and oxygen atoms in total. The van der Waals surface area contributed by atoms with Crippen molar-refractivity contribution < 1.29 is 18.7 Å². The summed E-state index contributed by atoms with van der Waals surface area (Å²) in [7, 11) is 1.81. The Labute approximate surface area is 199 Å². The highest BCUT2D eigenvalue weighted by atomic mass is 19.1. The number of hydrogen-bond donors (Lipinski definition) is 2. The number of carbonyl (C=O) groups excluding carboxylic acids is 1. The molecule has 2 amide bonds. The number of amides is 2. The molecule has 8 heteroatoms. The van der Waals surface area contributed by atoms with Gasteiger partial charge in [-0.15, -0.1) is 0 Å². The number of unbranched alkanes of at least 4 members (excludes halogenated alkanes) is 2. The molecule has 3 aromatic rings. The molecule has 2 N–H and O–H groups in total. The first-order valence-corrected chi connectivity index (χ1v) is 11.7. The fourth-order valence-electron chi connectivity index (χ4n) is 3.94. The molecule has 0 aliphatic carbocycles. The van der Waals surface area contributed by atoms with Crippen LogP contribution in [0.25, 0.3) is 11.3 Å². The van der Waals surface area contributed by atoms with E-state index in [2.05, 4.69) is 15.5 Å². The lowest BCUT2D eigenvalue weighted by Crippen LogP contribution is -2.39. The van der Waals surface area contributed by atoms with Gasteiger partial charge in [-0.25, -0.2) is 9.18 Å². The van der Waals surface area contributed by atoms with Crippen molar-refractivity contribution in [3.05, 3.63) is 65.6 Å². The Morgan fingerprint density at radius 1 is 1.12 bits per heavy atom. The Morgan fingerprint density at radius 3 is 2.76 bits per heavy atom. The standard InChI is InChI=1S/C26H31FN4O3/c1-18(19-10-11-24-25(16-19)34-14-13-33-24)28-26(32)31(2)12-5-3-4-9-22-17-23(30-29-22)20-7-6-8-21(27)15-20/h6-8,10-11,15-18H,3-5,9,12-14H2,1-2H3,(H,28,32)(H,29,30). The van der Waals surface area contributed by atoms with Crippen molar-refractivity contribution in [1.29, 1.82) is 0 Å². The van der Waals surface area contributed by atoms with Gasteiger partial charge in [0.15, 0.2) is 11.5 Å². The molecular weight excluding hydrogens is 435 g/mol. The van der Waals surface area contributed by atoms with Crippen molar-refractivity contribution in [1.82, 2.24) is 20.4 Å². The van der Waals surface area contributed by atoms with Gasteiger partial charge in [0.25, 0.3) is 0 Å². The van der Waals surface area contributed by atoms with Gasteiger partial charge >= 0.3 is 6.03 Å². The van der Waals surface area contributed by atoms with Crippen molar-refractivity contribution in [2.75, 3.05) is 26.8 Å². The number of hydrogen-bond acceptors (Lipinski definition) is 4. The van der Waals surface area contributed by atoms with Gasteiger partial charge in [0.1, 0.15) is 19.0 Å². The van der Waals surface area contributed by atoms with E-state index in [1.54, 1.807) is 11.0 Å². The van der Waals surface area contributed by atoms with Crippen molar-refractivity contribution >= 4 is 6.03 Å². The summed E-state index contributed by atoms with van der Waals surface area (Å²) in [6.07, 6.45) is 3.74. The quantitative estimate of drug-likeness (QED) is 0.430. The summed E-state index contributed by atoms with van der Waals surface area (Å²) >= 11 is 0. The molecule has 180 valence electrons. The molecular formula is C26H31FN4O3. The van der Waals surface area contributed by atoms with Gasteiger partial charge in [-0.1, -0.05) is 24.6 Å². The van der Waals surface area contributed by atoms with E-state index in [1.807, 2.05) is 44.3 Å². The summed E-state index contributed by atoms with van der Waals surface area (Å²) in [5.41, 5.74) is 3.51. The first-order chi connectivity index (χ1) is 16.5. The van der Waals surface area contributed by atoms with Crippen molar-refractivity contribution in [3.63, 3.8) is 0 Å². The van der Waals surface area contributed by atoms with E-state index >= 15 is 0 Å². The van der Waals surface area contributed by atoms with Crippen molar-refractivity contribution in [3.8, 4) is 22.8 Å². The fourth-order valence-corrected chi connectivity index (χ4v) is 3.94. The van der Waals surface area contributed by atoms with Crippen LogP contribution in [-0.4, -0.2) is 47.9 Å². The maximum absolute atomic E-state index is 13.4. The highest BCUT2D eigenvalue weighted by molar-refractivity contribution is 5.74. The minimum atomic E-state index is -0.268. The summed E-state index contributed by atoms with van der Waals surface area (Å²) < 4.78 is 24.6. The predicted octanol–water partition coefficient (Wildman–Crippen LogP) is 5.10. The highest BCUT2D eigenvalue weighted by Gasteiger charge is 2.17. The molecule has 0 saturated heterocycles. The molecule has 4 rings (SSSR count). The van der Waals surface area contributed by atoms with E-state index in [0.717, 1.165) is 59.7 Å². The molecule has 1 aliphatic rings. The Morgan fingerprint density at radius 2 is 1.94 bits per heavy atom. The SMILES string of the molecule is CC(NC(=O)N(C)CCCCCc1cc(-c2cccc(F)c2)n[nH]1)c1ccc2c(c1)OCCO2. The van der Waals surface area contributed by atoms with Crippen LogP contribution in [0, 0.1) is 5.82 Å². The van der Waals surface area contributed by atoms with Gasteiger partial charge in [0, 0.05) is 24.8 Å². The number of H-pyrrole nitrogens is 1. The van der Waals surface area contributed by atoms with Crippen LogP contribution in [-0.2, 0) is 6.42 Å². The monoisotopic (exact) mass is 466 g/mol. The number of benzene rings is 2. The lowest BCUT2D eigenvalue weighted by atomic mass is 10.1. The molecule has 0 radical (unpaired) electrons. The molecule has 1 atom stereocenters. The van der Waals surface area contributed by atoms with E-state index < -0.39 is 0 Å². The third kappa shape index (κ3) is 6.07. The number of urea groups is 1. The molecule has 0 fully saturated rings. The van der Waals surface area contributed by atoms with Crippen LogP contribution in [0.5, 0.6) is 11.5 Å². The number of nitrogens with one attached hydrogen (secondary N) is 2. The third-order valence-electron chi connectivity index (χ3n) is 5.94. The van der Waals surface area contributed by atoms with E-state index in [4.69, 9.17) is 9.47 Å². The van der Waals surface area contributed by atoms with Gasteiger partial charge in [-0.05, 0) is 62.1 Å². The summed E-state index contributed by atoms with van der Waals surface area (Å²) in [6.45, 7) is 3.73. The van der Waals surface area contributed by atoms with Crippen LogP contribution in [0.2, 0.25) is 0 Å². The molecule has 2 aromatic carbocycles. The third-order valence-corrected chi connectivity index (χ3v) is 5.94. The number of aryl methyl sites for hydroxylation is 1. The number of rotatable bonds is 9. The molecule has 2 heterocycles. The Balaban J connectivity index is 1.16. The van der Waals surface area contributed by atoms with E-state index in [0.29, 0.717) is 19.8 Å². The zero-order chi connectivity index (χ0) is 23.9. The first kappa shape index (κ1) is 23.6. The second-order valence-electron chi connectivity index (χ2n) is 8.60. The molecule has 1 aromatic heterocycles. The Hall–Kier alpha value is -3.55. The highest BCUT2D eigenvalue weighted by Crippen LogP contribution is 2.32. The number of aromatic nitrogens is 2. The maximum Gasteiger partial charge on any atom is 0.317 e. The molecule has 1 unspecified atom stereocenters. The van der Waals surface area contributed by atoms with E-state index in [9.17, 15) is 9.18 Å². The van der Waals surface area contributed by atoms with E-state index in [-0.39, 0.29) is 17.9 Å². The summed E-state index contributed by atoms with van der Waals surface area (Å²) in [5, 5.41) is 10.4. The van der Waals surface area contributed by atoms with Gasteiger partial charge in [-0.3, -0.25) is 5.10 Å². The number of nitrogens with zero attached hydrogens (tertiary/aromatic N) is 2. The van der Waals surface area contributed by atoms with Crippen LogP contribution < -0.4 is 14.8 Å². The van der Waals surface area contributed by atoms with Crippen LogP contribution >= 0.6 is 0 Å². The number of halogens is 1. The first-order valence-electron chi connectivity index (χ1n) is 11.7. The molecule has 0 bridgehead atoms. The fraction of sp³-hybridized carbons (Fsp3) is 0.385. The number of carbonyl (C=O) groups is 1. The number of fused-ring (bicyclic) bond motifs is 1. The van der Waals surface area contributed by atoms with Crippen LogP contribution in [0.4, 0.5) is 9.18 Å². The zero-order valence-corrected chi connectivity index (χ0v) is 19.6. The van der Waals surface area contributed by atoms with Crippen LogP contribution in [0.15, 0.2) is 48.5 Å². The summed E-state index contributed by atoms with van der Waals surface area (Å²) in [4.78, 5) is 14.3. The van der Waals surface area contributed by atoms with Crippen molar-refractivity contribution in [2.45, 2.75) is 38.6 Å². The zero-order valence-electron chi connectivity index (χ0n) is 19.6. The molecule has 0 spiro atoms. The molecule has 0 saturated carbocycles. The van der Waals surface area contributed by atoms with Crippen molar-refractivity contribution in [2.24, 2.45) is 0 Å². The normalized spacial score (nSPS) is 13.4. The summed E-state index contributed by atoms with van der Waals surface area (Å²) in [6, 6.07) is 13.9. The molecule has 1 aliphatic heterocycles. The largest absolute Gasteiger partial charge is 0.486 e. The Bertz CT molecular complexity index is 1120. The second kappa shape index (κ2) is 11.0. The van der Waals surface area contributed by atoms with E-state index in [1.165, 1.54) is 12.1 Å². The molecule has 34 heavy (non-hydrogen) atoms. The van der Waals surface area contributed by atoms with Gasteiger partial charge in [0.2, 0.25) is 0 Å². The minimum absolute atomic E-state index is 0.101. The minimum Gasteiger partial charge on any atom is -0.486 e. The van der Waals surface area contributed by atoms with Crippen LogP contribution in [0.3, 0.4) is 0 Å². The van der Waals surface area contributed by atoms with Gasteiger partial charge < -0.3 is 19.7 Å². The summed E-state index contributed by atoms with van der Waals surface area (Å²) in [5.74, 6) is 1.19. The van der Waals surface area contributed by atoms with Crippen LogP contribution in [0.1, 0.15) is 43.5 Å². The number of aromatic amines is 1. The average molecular weight is 467 g/mol. The second-order valence-corrected chi connectivity index (χ2v) is 8.60. The lowest BCUT2D eigenvalue weighted by molar-refractivity contribution is 0.171. The van der Waals surface area contributed by atoms with Gasteiger partial charge in [-0.2, -0.15) is 5.10 Å². The predicted molar refractivity (Wildman–Crippen MR) is 129 cm³/mol. The Kier molecular flexibility index (Phi) is 7.67. The number of ether oxygens (including phenoxy) is 2. The lowest BCUT2D eigenvalue weighted by Gasteiger charge is -2.23. The maximum atomic E-state index is 13.4. The topological polar surface area (TPSA) is 79.5 Å². The average Bonchev–Trinajstić information content (AvgIpc) is 3.32. The van der Waals surface area contributed by atoms with Gasteiger partial charge in [0.05, 0.1) is 11.7 Å². The smallest absolute Gasteiger partial charge is 0.317 e.